The van der Waals surface area contributed by atoms with E-state index in [1.54, 1.807) is 0 Å². The summed E-state index contributed by atoms with van der Waals surface area (Å²) in [7, 11) is 0. The van der Waals surface area contributed by atoms with Crippen LogP contribution in [-0.2, 0) is 9.47 Å². The Bertz CT molecular complexity index is 144. The molecule has 2 saturated heterocycles. The highest BCUT2D eigenvalue weighted by molar-refractivity contribution is 4.93. The van der Waals surface area contributed by atoms with E-state index in [0.29, 0.717) is 18.3 Å². The van der Waals surface area contributed by atoms with Gasteiger partial charge in [-0.15, -0.1) is 0 Å². The second-order valence-corrected chi connectivity index (χ2v) is 4.15. The molecule has 0 aromatic heterocycles. The molecule has 13 heavy (non-hydrogen) atoms. The van der Waals surface area contributed by atoms with Crippen LogP contribution < -0.4 is 0 Å². The smallest absolute Gasteiger partial charge is 0.0844 e. The normalized spacial score (nSPS) is 43.8. The van der Waals surface area contributed by atoms with Crippen molar-refractivity contribution in [3.05, 3.63) is 0 Å². The lowest BCUT2D eigenvalue weighted by Gasteiger charge is -1.98. The molecule has 0 spiro atoms. The van der Waals surface area contributed by atoms with Crippen molar-refractivity contribution in [3.8, 4) is 0 Å². The zero-order valence-electron chi connectivity index (χ0n) is 7.95. The topological polar surface area (TPSA) is 25.1 Å². The molecule has 0 bridgehead atoms. The van der Waals surface area contributed by atoms with Crippen molar-refractivity contribution >= 4 is 0 Å². The summed E-state index contributed by atoms with van der Waals surface area (Å²) < 4.78 is 10.1. The van der Waals surface area contributed by atoms with E-state index in [4.69, 9.17) is 9.47 Å². The van der Waals surface area contributed by atoms with Gasteiger partial charge in [0.2, 0.25) is 0 Å². The summed E-state index contributed by atoms with van der Waals surface area (Å²) in [6.45, 7) is 5.45. The van der Waals surface area contributed by atoms with E-state index >= 15 is 0 Å². The molecule has 2 heterocycles. The average Bonchev–Trinajstić information content (AvgIpc) is 2.92. The van der Waals surface area contributed by atoms with Gasteiger partial charge < -0.3 is 9.47 Å². The van der Waals surface area contributed by atoms with Crippen LogP contribution in [0.25, 0.3) is 0 Å². The average molecular weight is 186 g/mol. The molecule has 78 valence electrons. The Labute approximate surface area is 81.6 Å². The summed E-state index contributed by atoms with van der Waals surface area (Å²) >= 11 is 0. The molecule has 3 aliphatic rings. The van der Waals surface area contributed by atoms with Gasteiger partial charge in [-0.2, -0.15) is 0 Å². The maximum absolute atomic E-state index is 5.22. The Hall–Kier alpha value is -0.0800. The number of fused-ring (bicyclic) bond motifs is 1. The highest BCUT2D eigenvalue weighted by Gasteiger charge is 2.45. The second-order valence-electron chi connectivity index (χ2n) is 4.15. The van der Waals surface area contributed by atoms with Gasteiger partial charge in [-0.25, -0.2) is 0 Å². The minimum atomic E-state index is 0. The van der Waals surface area contributed by atoms with Crippen molar-refractivity contribution in [2.75, 3.05) is 6.61 Å². The fourth-order valence-electron chi connectivity index (χ4n) is 1.79. The highest BCUT2D eigenvalue weighted by atomic mass is 16.6. The van der Waals surface area contributed by atoms with Gasteiger partial charge in [0.15, 0.2) is 0 Å². The first-order valence-electron chi connectivity index (χ1n) is 5.06. The van der Waals surface area contributed by atoms with Crippen molar-refractivity contribution in [1.82, 2.24) is 0 Å². The van der Waals surface area contributed by atoms with Gasteiger partial charge in [-0.05, 0) is 25.2 Å². The van der Waals surface area contributed by atoms with Gasteiger partial charge in [0.05, 0.1) is 24.9 Å². The number of ether oxygens (including phenoxy) is 2. The molecule has 0 amide bonds. The maximum Gasteiger partial charge on any atom is 0.0844 e. The molecule has 2 aliphatic heterocycles. The number of hydrogen-bond acceptors (Lipinski definition) is 2. The lowest BCUT2D eigenvalue weighted by atomic mass is 10.1. The Kier molecular flexibility index (Phi) is 3.74. The van der Waals surface area contributed by atoms with Gasteiger partial charge in [0.25, 0.3) is 0 Å². The molecule has 0 aromatic carbocycles. The minimum Gasteiger partial charge on any atom is -0.373 e. The van der Waals surface area contributed by atoms with E-state index in [1.807, 2.05) is 0 Å². The number of epoxide rings is 2. The molecule has 0 aromatic rings. The summed E-state index contributed by atoms with van der Waals surface area (Å²) in [6.07, 6.45) is 5.86. The van der Waals surface area contributed by atoms with E-state index in [9.17, 15) is 0 Å². The third-order valence-electron chi connectivity index (χ3n) is 2.81. The van der Waals surface area contributed by atoms with Crippen molar-refractivity contribution in [3.63, 3.8) is 0 Å². The molecule has 1 aliphatic carbocycles. The number of rotatable bonds is 1. The van der Waals surface area contributed by atoms with E-state index < -0.39 is 0 Å². The molecule has 3 atom stereocenters. The van der Waals surface area contributed by atoms with Crippen LogP contribution >= 0.6 is 0 Å². The summed E-state index contributed by atoms with van der Waals surface area (Å²) in [5.41, 5.74) is 0. The SMILES string of the molecule is C.CC1CC2OC2C1.CCC1CO1. The number of hydrogen-bond donors (Lipinski definition) is 0. The van der Waals surface area contributed by atoms with E-state index in [0.717, 1.165) is 12.5 Å². The molecule has 2 heteroatoms. The zero-order chi connectivity index (χ0) is 8.55. The molecule has 2 nitrogen and oxygen atoms in total. The lowest BCUT2D eigenvalue weighted by Crippen LogP contribution is -1.90. The molecule has 3 unspecified atom stereocenters. The maximum atomic E-state index is 5.22. The third kappa shape index (κ3) is 3.28. The first-order chi connectivity index (χ1) is 5.79. The van der Waals surface area contributed by atoms with Crippen LogP contribution in [0, 0.1) is 5.92 Å². The summed E-state index contributed by atoms with van der Waals surface area (Å²) in [6, 6.07) is 0. The predicted molar refractivity (Wildman–Crippen MR) is 53.8 cm³/mol. The van der Waals surface area contributed by atoms with Crippen LogP contribution in [0.2, 0.25) is 0 Å². The first kappa shape index (κ1) is 11.0. The largest absolute Gasteiger partial charge is 0.373 e. The van der Waals surface area contributed by atoms with Crippen LogP contribution in [0.1, 0.15) is 40.5 Å². The first-order valence-corrected chi connectivity index (χ1v) is 5.06. The van der Waals surface area contributed by atoms with Crippen LogP contribution in [0.4, 0.5) is 0 Å². The van der Waals surface area contributed by atoms with Gasteiger partial charge >= 0.3 is 0 Å². The molecule has 0 N–H and O–H groups in total. The van der Waals surface area contributed by atoms with E-state index in [2.05, 4.69) is 13.8 Å². The van der Waals surface area contributed by atoms with Gasteiger partial charge in [-0.3, -0.25) is 0 Å². The van der Waals surface area contributed by atoms with Crippen LogP contribution in [0.5, 0.6) is 0 Å². The molecule has 0 radical (unpaired) electrons. The van der Waals surface area contributed by atoms with E-state index in [-0.39, 0.29) is 7.43 Å². The lowest BCUT2D eigenvalue weighted by molar-refractivity contribution is 0.283. The molecular formula is C11H22O2. The van der Waals surface area contributed by atoms with Crippen molar-refractivity contribution in [2.24, 2.45) is 5.92 Å². The van der Waals surface area contributed by atoms with Crippen molar-refractivity contribution in [2.45, 2.75) is 58.8 Å². The highest BCUT2D eigenvalue weighted by Crippen LogP contribution is 2.41. The third-order valence-corrected chi connectivity index (χ3v) is 2.81. The van der Waals surface area contributed by atoms with Crippen LogP contribution in [0.15, 0.2) is 0 Å². The minimum absolute atomic E-state index is 0. The molecular weight excluding hydrogens is 164 g/mol. The Morgan fingerprint density at radius 3 is 1.92 bits per heavy atom. The monoisotopic (exact) mass is 186 g/mol. The summed E-state index contributed by atoms with van der Waals surface area (Å²) in [5.74, 6) is 0.948. The van der Waals surface area contributed by atoms with Gasteiger partial charge in [0.1, 0.15) is 0 Å². The van der Waals surface area contributed by atoms with E-state index in [1.165, 1.54) is 19.3 Å². The van der Waals surface area contributed by atoms with Crippen LogP contribution in [-0.4, -0.2) is 24.9 Å². The molecule has 1 saturated carbocycles. The second kappa shape index (κ2) is 4.43. The van der Waals surface area contributed by atoms with Gasteiger partial charge in [-0.1, -0.05) is 21.3 Å². The zero-order valence-corrected chi connectivity index (χ0v) is 7.95. The fourth-order valence-corrected chi connectivity index (χ4v) is 1.79. The predicted octanol–water partition coefficient (Wildman–Crippen LogP) is 2.62. The fraction of sp³-hybridized carbons (Fsp3) is 1.00. The summed E-state index contributed by atoms with van der Waals surface area (Å²) in [5, 5.41) is 0. The van der Waals surface area contributed by atoms with Crippen molar-refractivity contribution in [1.29, 1.82) is 0 Å². The quantitative estimate of drug-likeness (QED) is 0.588. The van der Waals surface area contributed by atoms with Gasteiger partial charge in [0, 0.05) is 0 Å². The van der Waals surface area contributed by atoms with Crippen molar-refractivity contribution < 1.29 is 9.47 Å². The Morgan fingerprint density at radius 1 is 1.23 bits per heavy atom. The Balaban J connectivity index is 0.000000127. The Morgan fingerprint density at radius 2 is 1.77 bits per heavy atom. The molecule has 3 fully saturated rings. The molecule has 3 rings (SSSR count). The standard InChI is InChI=1S/C6H10O.C4H8O.CH4/c1-4-2-5-6(3-4)7-5;1-2-4-3-5-4;/h4-6H,2-3H2,1H3;4H,2-3H2,1H3;1H4. The summed E-state index contributed by atoms with van der Waals surface area (Å²) in [4.78, 5) is 0. The van der Waals surface area contributed by atoms with Crippen LogP contribution in [0.3, 0.4) is 0 Å².